The Balaban J connectivity index is 1.24. The maximum Gasteiger partial charge on any atom is 0.137 e. The van der Waals surface area contributed by atoms with E-state index in [1.165, 1.54) is 11.1 Å². The predicted octanol–water partition coefficient (Wildman–Crippen LogP) is 13.8. The molecule has 0 saturated heterocycles. The van der Waals surface area contributed by atoms with Gasteiger partial charge in [-0.2, -0.15) is 0 Å². The average Bonchev–Trinajstić information content (AvgIpc) is 3.24. The second-order valence-electron chi connectivity index (χ2n) is 14.1. The van der Waals surface area contributed by atoms with Crippen molar-refractivity contribution in [1.82, 2.24) is 4.98 Å². The molecule has 2 heterocycles. The molecular formula is C50H40N4. The summed E-state index contributed by atoms with van der Waals surface area (Å²) < 4.78 is 0. The lowest BCUT2D eigenvalue weighted by molar-refractivity contribution is 0.631. The summed E-state index contributed by atoms with van der Waals surface area (Å²) in [5.41, 5.74) is 13.2. The van der Waals surface area contributed by atoms with Crippen molar-refractivity contribution < 1.29 is 0 Å². The summed E-state index contributed by atoms with van der Waals surface area (Å²) >= 11 is 0. The van der Waals surface area contributed by atoms with E-state index in [1.807, 2.05) is 12.3 Å². The number of hydrogen-bond donors (Lipinski definition) is 0. The zero-order chi connectivity index (χ0) is 36.5. The van der Waals surface area contributed by atoms with Crippen molar-refractivity contribution in [2.24, 2.45) is 0 Å². The Morgan fingerprint density at radius 2 is 0.778 bits per heavy atom. The predicted molar refractivity (Wildman–Crippen MR) is 226 cm³/mol. The molecular weight excluding hydrogens is 657 g/mol. The maximum atomic E-state index is 5.13. The molecule has 0 aliphatic carbocycles. The Hall–Kier alpha value is -6.91. The minimum atomic E-state index is -0.366. The zero-order valence-corrected chi connectivity index (χ0v) is 30.4. The van der Waals surface area contributed by atoms with Gasteiger partial charge in [0.25, 0.3) is 0 Å². The van der Waals surface area contributed by atoms with Gasteiger partial charge in [0.1, 0.15) is 5.82 Å². The van der Waals surface area contributed by atoms with E-state index in [-0.39, 0.29) is 5.41 Å². The fraction of sp³-hybridized carbons (Fsp3) is 0.0600. The molecule has 8 aromatic rings. The van der Waals surface area contributed by atoms with Crippen molar-refractivity contribution >= 4 is 51.3 Å². The van der Waals surface area contributed by atoms with Crippen LogP contribution in [-0.4, -0.2) is 4.98 Å². The van der Waals surface area contributed by atoms with Crippen molar-refractivity contribution in [2.45, 2.75) is 19.3 Å². The third-order valence-electron chi connectivity index (χ3n) is 10.4. The van der Waals surface area contributed by atoms with Crippen LogP contribution in [-0.2, 0) is 5.41 Å². The van der Waals surface area contributed by atoms with Gasteiger partial charge in [0.2, 0.25) is 0 Å². The average molecular weight is 697 g/mol. The fourth-order valence-corrected chi connectivity index (χ4v) is 7.76. The van der Waals surface area contributed by atoms with Crippen molar-refractivity contribution in [1.29, 1.82) is 0 Å². The molecule has 260 valence electrons. The maximum absolute atomic E-state index is 5.13. The van der Waals surface area contributed by atoms with E-state index in [2.05, 4.69) is 223 Å². The van der Waals surface area contributed by atoms with Crippen LogP contribution in [0.5, 0.6) is 0 Å². The third-order valence-corrected chi connectivity index (χ3v) is 10.4. The van der Waals surface area contributed by atoms with Crippen LogP contribution < -0.4 is 14.7 Å². The number of hydrogen-bond acceptors (Lipinski definition) is 4. The molecule has 4 heteroatoms. The van der Waals surface area contributed by atoms with Gasteiger partial charge in [-0.15, -0.1) is 0 Å². The second-order valence-corrected chi connectivity index (χ2v) is 14.1. The molecule has 1 aromatic heterocycles. The summed E-state index contributed by atoms with van der Waals surface area (Å²) in [5.74, 6) is 0.874. The molecule has 0 saturated carbocycles. The zero-order valence-electron chi connectivity index (χ0n) is 30.4. The van der Waals surface area contributed by atoms with E-state index in [0.29, 0.717) is 0 Å². The minimum Gasteiger partial charge on any atom is -0.310 e. The lowest BCUT2D eigenvalue weighted by Crippen LogP contribution is -2.31. The number of benzene rings is 7. The lowest BCUT2D eigenvalue weighted by Gasteiger charge is -2.43. The molecule has 0 amide bonds. The first-order chi connectivity index (χ1) is 26.6. The van der Waals surface area contributed by atoms with Gasteiger partial charge in [-0.1, -0.05) is 117 Å². The molecule has 4 nitrogen and oxygen atoms in total. The summed E-state index contributed by atoms with van der Waals surface area (Å²) in [6, 6.07) is 71.0. The van der Waals surface area contributed by atoms with Gasteiger partial charge in [0.05, 0.1) is 11.4 Å². The van der Waals surface area contributed by atoms with E-state index in [1.54, 1.807) is 0 Å². The first kappa shape index (κ1) is 33.0. The molecule has 0 bridgehead atoms. The van der Waals surface area contributed by atoms with Gasteiger partial charge in [0, 0.05) is 51.3 Å². The topological polar surface area (TPSA) is 22.6 Å². The molecule has 0 atom stereocenters. The van der Waals surface area contributed by atoms with Gasteiger partial charge in [0.15, 0.2) is 0 Å². The van der Waals surface area contributed by atoms with Crippen molar-refractivity contribution in [3.05, 3.63) is 218 Å². The van der Waals surface area contributed by atoms with Gasteiger partial charge < -0.3 is 9.80 Å². The Morgan fingerprint density at radius 3 is 1.15 bits per heavy atom. The van der Waals surface area contributed by atoms with E-state index in [0.717, 1.165) is 62.4 Å². The van der Waals surface area contributed by atoms with Crippen LogP contribution >= 0.6 is 0 Å². The number of rotatable bonds is 8. The first-order valence-corrected chi connectivity index (χ1v) is 18.5. The van der Waals surface area contributed by atoms with Crippen LogP contribution in [0.15, 0.2) is 206 Å². The number of anilines is 9. The van der Waals surface area contributed by atoms with Gasteiger partial charge in [-0.05, 0) is 114 Å². The molecule has 7 aromatic carbocycles. The van der Waals surface area contributed by atoms with E-state index < -0.39 is 0 Å². The SMILES string of the molecule is CC1(C)c2cc(N(c3ccccc3)c3ccccc3)ccc2N(c2ccc(-c3ccccc3)cn2)c2ccc(N(c3ccccc3)c3ccccc3)cc21. The fourth-order valence-electron chi connectivity index (χ4n) is 7.76. The summed E-state index contributed by atoms with van der Waals surface area (Å²) in [4.78, 5) is 12.1. The molecule has 0 spiro atoms. The first-order valence-electron chi connectivity index (χ1n) is 18.5. The van der Waals surface area contributed by atoms with Crippen LogP contribution in [0, 0.1) is 0 Å². The Kier molecular flexibility index (Phi) is 8.49. The molecule has 54 heavy (non-hydrogen) atoms. The highest BCUT2D eigenvalue weighted by Gasteiger charge is 2.38. The highest BCUT2D eigenvalue weighted by molar-refractivity contribution is 5.90. The number of fused-ring (bicyclic) bond motifs is 2. The van der Waals surface area contributed by atoms with Gasteiger partial charge >= 0.3 is 0 Å². The Bertz CT molecular complexity index is 2290. The van der Waals surface area contributed by atoms with E-state index in [4.69, 9.17) is 4.98 Å². The van der Waals surface area contributed by atoms with Crippen LogP contribution in [0.25, 0.3) is 11.1 Å². The molecule has 1 aliphatic heterocycles. The van der Waals surface area contributed by atoms with Gasteiger partial charge in [-0.3, -0.25) is 4.90 Å². The van der Waals surface area contributed by atoms with Gasteiger partial charge in [-0.25, -0.2) is 4.98 Å². The quantitative estimate of drug-likeness (QED) is 0.158. The Morgan fingerprint density at radius 1 is 0.389 bits per heavy atom. The third kappa shape index (κ3) is 5.98. The number of pyridine rings is 1. The second kappa shape index (κ2) is 13.9. The molecule has 0 unspecified atom stereocenters. The molecule has 0 fully saturated rings. The highest BCUT2D eigenvalue weighted by Crippen LogP contribution is 2.54. The summed E-state index contributed by atoms with van der Waals surface area (Å²) in [6.45, 7) is 4.71. The largest absolute Gasteiger partial charge is 0.310 e. The monoisotopic (exact) mass is 696 g/mol. The molecule has 9 rings (SSSR count). The molecule has 1 aliphatic rings. The summed E-state index contributed by atoms with van der Waals surface area (Å²) in [6.07, 6.45) is 1.99. The van der Waals surface area contributed by atoms with E-state index >= 15 is 0 Å². The summed E-state index contributed by atoms with van der Waals surface area (Å²) in [7, 11) is 0. The minimum absolute atomic E-state index is 0.366. The summed E-state index contributed by atoms with van der Waals surface area (Å²) in [5, 5.41) is 0. The smallest absolute Gasteiger partial charge is 0.137 e. The lowest BCUT2D eigenvalue weighted by atomic mass is 9.73. The number of para-hydroxylation sites is 4. The van der Waals surface area contributed by atoms with Crippen LogP contribution in [0.2, 0.25) is 0 Å². The van der Waals surface area contributed by atoms with Crippen molar-refractivity contribution in [3.63, 3.8) is 0 Å². The van der Waals surface area contributed by atoms with Crippen LogP contribution in [0.3, 0.4) is 0 Å². The van der Waals surface area contributed by atoms with Crippen molar-refractivity contribution in [3.8, 4) is 11.1 Å². The standard InChI is InChI=1S/C50H40N4/c1-50(2)45-34-43(52(39-20-10-4-11-21-39)40-22-12-5-13-23-40)29-31-47(45)54(49-33-28-38(36-51-49)37-18-8-3-9-19-37)48-32-30-44(35-46(48)50)53(41-24-14-6-15-25-41)42-26-16-7-17-27-42/h3-36H,1-2H3. The molecule has 0 radical (unpaired) electrons. The molecule has 0 N–H and O–H groups in total. The van der Waals surface area contributed by atoms with E-state index in [9.17, 15) is 0 Å². The number of nitrogens with zero attached hydrogens (tertiary/aromatic N) is 4. The van der Waals surface area contributed by atoms with Crippen LogP contribution in [0.4, 0.5) is 51.3 Å². The number of aromatic nitrogens is 1. The van der Waals surface area contributed by atoms with Crippen LogP contribution in [0.1, 0.15) is 25.0 Å². The normalized spacial score (nSPS) is 12.7. The van der Waals surface area contributed by atoms with Crippen molar-refractivity contribution in [2.75, 3.05) is 14.7 Å². The highest BCUT2D eigenvalue weighted by atomic mass is 15.2. The Labute approximate surface area is 317 Å².